The summed E-state index contributed by atoms with van der Waals surface area (Å²) < 4.78 is 0. The number of rotatable bonds is 5. The van der Waals surface area contributed by atoms with Crippen LogP contribution in [-0.4, -0.2) is 11.5 Å². The number of nitrogens with one attached hydrogen (secondary N) is 1. The van der Waals surface area contributed by atoms with Gasteiger partial charge in [0.15, 0.2) is 0 Å². The SMILES string of the molecule is Cc1nc(CNCCc2cccs2)cs1. The highest BCUT2D eigenvalue weighted by Crippen LogP contribution is 2.09. The lowest BCUT2D eigenvalue weighted by Gasteiger charge is -2.00. The van der Waals surface area contributed by atoms with E-state index in [4.69, 9.17) is 0 Å². The first kappa shape index (κ1) is 10.8. The fourth-order valence-electron chi connectivity index (χ4n) is 1.37. The van der Waals surface area contributed by atoms with E-state index in [1.54, 1.807) is 11.3 Å². The third kappa shape index (κ3) is 3.41. The van der Waals surface area contributed by atoms with Crippen LogP contribution in [-0.2, 0) is 13.0 Å². The van der Waals surface area contributed by atoms with Gasteiger partial charge in [-0.25, -0.2) is 4.98 Å². The normalized spacial score (nSPS) is 10.7. The second-order valence-electron chi connectivity index (χ2n) is 3.36. The predicted molar refractivity (Wildman–Crippen MR) is 66.6 cm³/mol. The summed E-state index contributed by atoms with van der Waals surface area (Å²) in [5.74, 6) is 0. The zero-order valence-corrected chi connectivity index (χ0v) is 10.3. The molecular formula is C11H14N2S2. The van der Waals surface area contributed by atoms with Gasteiger partial charge < -0.3 is 5.32 Å². The first-order valence-corrected chi connectivity index (χ1v) is 6.74. The maximum atomic E-state index is 4.40. The monoisotopic (exact) mass is 238 g/mol. The third-order valence-electron chi connectivity index (χ3n) is 2.10. The van der Waals surface area contributed by atoms with Gasteiger partial charge in [0.05, 0.1) is 10.7 Å². The molecule has 0 aliphatic heterocycles. The maximum absolute atomic E-state index is 4.40. The molecule has 0 aromatic carbocycles. The van der Waals surface area contributed by atoms with Crippen LogP contribution < -0.4 is 5.32 Å². The Morgan fingerprint density at radius 1 is 1.40 bits per heavy atom. The molecule has 2 aromatic rings. The van der Waals surface area contributed by atoms with E-state index in [1.165, 1.54) is 4.88 Å². The van der Waals surface area contributed by atoms with Crippen molar-refractivity contribution >= 4 is 22.7 Å². The Kier molecular flexibility index (Phi) is 3.88. The number of aryl methyl sites for hydroxylation is 1. The summed E-state index contributed by atoms with van der Waals surface area (Å²) in [4.78, 5) is 5.85. The van der Waals surface area contributed by atoms with Gasteiger partial charge in [0.1, 0.15) is 0 Å². The Bertz CT molecular complexity index is 392. The van der Waals surface area contributed by atoms with Gasteiger partial charge in [-0.15, -0.1) is 22.7 Å². The van der Waals surface area contributed by atoms with Gasteiger partial charge in [0.2, 0.25) is 0 Å². The predicted octanol–water partition coefficient (Wildman–Crippen LogP) is 2.85. The summed E-state index contributed by atoms with van der Waals surface area (Å²) in [6, 6.07) is 4.28. The third-order valence-corrected chi connectivity index (χ3v) is 3.86. The lowest BCUT2D eigenvalue weighted by Crippen LogP contribution is -2.16. The summed E-state index contributed by atoms with van der Waals surface area (Å²) in [6.07, 6.45) is 1.11. The molecule has 0 atom stereocenters. The molecule has 0 aliphatic rings. The Morgan fingerprint density at radius 2 is 2.33 bits per heavy atom. The summed E-state index contributed by atoms with van der Waals surface area (Å²) in [5, 5.41) is 8.79. The van der Waals surface area contributed by atoms with Crippen LogP contribution in [0, 0.1) is 6.92 Å². The summed E-state index contributed by atoms with van der Waals surface area (Å²) in [7, 11) is 0. The molecule has 0 amide bonds. The van der Waals surface area contributed by atoms with Crippen LogP contribution in [0.1, 0.15) is 15.6 Å². The van der Waals surface area contributed by atoms with Crippen LogP contribution in [0.25, 0.3) is 0 Å². The highest BCUT2D eigenvalue weighted by atomic mass is 32.1. The molecule has 1 N–H and O–H groups in total. The molecule has 0 fully saturated rings. The molecule has 2 rings (SSSR count). The molecule has 2 heterocycles. The number of thiophene rings is 1. The maximum Gasteiger partial charge on any atom is 0.0897 e. The van der Waals surface area contributed by atoms with Crippen LogP contribution >= 0.6 is 22.7 Å². The minimum atomic E-state index is 0.885. The molecule has 0 bridgehead atoms. The molecule has 0 radical (unpaired) electrons. The van der Waals surface area contributed by atoms with Crippen molar-refractivity contribution in [1.29, 1.82) is 0 Å². The van der Waals surface area contributed by atoms with Gasteiger partial charge in [-0.2, -0.15) is 0 Å². The summed E-state index contributed by atoms with van der Waals surface area (Å²) in [6.45, 7) is 3.95. The second-order valence-corrected chi connectivity index (χ2v) is 5.46. The molecule has 2 nitrogen and oxygen atoms in total. The van der Waals surface area contributed by atoms with Crippen LogP contribution in [0.15, 0.2) is 22.9 Å². The van der Waals surface area contributed by atoms with E-state index in [1.807, 2.05) is 18.3 Å². The number of thiazole rings is 1. The van der Waals surface area contributed by atoms with Crippen LogP contribution in [0.2, 0.25) is 0 Å². The van der Waals surface area contributed by atoms with Gasteiger partial charge in [-0.3, -0.25) is 0 Å². The van der Waals surface area contributed by atoms with Crippen molar-refractivity contribution in [1.82, 2.24) is 10.3 Å². The number of hydrogen-bond acceptors (Lipinski definition) is 4. The molecule has 0 saturated heterocycles. The van der Waals surface area contributed by atoms with E-state index >= 15 is 0 Å². The summed E-state index contributed by atoms with van der Waals surface area (Å²) in [5.41, 5.74) is 1.16. The molecule has 0 saturated carbocycles. The minimum absolute atomic E-state index is 0.885. The lowest BCUT2D eigenvalue weighted by molar-refractivity contribution is 0.680. The second kappa shape index (κ2) is 5.39. The number of nitrogens with zero attached hydrogens (tertiary/aromatic N) is 1. The van der Waals surface area contributed by atoms with E-state index < -0.39 is 0 Å². The van der Waals surface area contributed by atoms with Crippen molar-refractivity contribution in [3.8, 4) is 0 Å². The first-order chi connectivity index (χ1) is 7.34. The molecule has 4 heteroatoms. The highest BCUT2D eigenvalue weighted by molar-refractivity contribution is 7.10. The van der Waals surface area contributed by atoms with Crippen LogP contribution in [0.3, 0.4) is 0 Å². The fraction of sp³-hybridized carbons (Fsp3) is 0.364. The lowest BCUT2D eigenvalue weighted by atomic mass is 10.3. The smallest absolute Gasteiger partial charge is 0.0897 e. The van der Waals surface area contributed by atoms with Crippen molar-refractivity contribution in [2.45, 2.75) is 19.9 Å². The Morgan fingerprint density at radius 3 is 3.00 bits per heavy atom. The Balaban J connectivity index is 1.67. The average Bonchev–Trinajstić information content (AvgIpc) is 2.84. The Labute approximate surface area is 98.0 Å². The van der Waals surface area contributed by atoms with Crippen molar-refractivity contribution in [3.63, 3.8) is 0 Å². The Hall–Kier alpha value is -0.710. The zero-order valence-electron chi connectivity index (χ0n) is 8.69. The fourth-order valence-corrected chi connectivity index (χ4v) is 2.69. The molecule has 2 aromatic heterocycles. The number of hydrogen-bond donors (Lipinski definition) is 1. The van der Waals surface area contributed by atoms with E-state index in [2.05, 4.69) is 33.2 Å². The molecule has 15 heavy (non-hydrogen) atoms. The zero-order chi connectivity index (χ0) is 10.5. The van der Waals surface area contributed by atoms with E-state index in [0.29, 0.717) is 0 Å². The molecule has 80 valence electrons. The van der Waals surface area contributed by atoms with E-state index in [-0.39, 0.29) is 0 Å². The number of aromatic nitrogens is 1. The van der Waals surface area contributed by atoms with Crippen molar-refractivity contribution in [3.05, 3.63) is 38.5 Å². The molecule has 0 unspecified atom stereocenters. The van der Waals surface area contributed by atoms with Crippen molar-refractivity contribution in [2.75, 3.05) is 6.54 Å². The van der Waals surface area contributed by atoms with Crippen LogP contribution in [0.4, 0.5) is 0 Å². The molecule has 0 spiro atoms. The summed E-state index contributed by atoms with van der Waals surface area (Å²) >= 11 is 3.53. The van der Waals surface area contributed by atoms with Crippen LogP contribution in [0.5, 0.6) is 0 Å². The van der Waals surface area contributed by atoms with Gasteiger partial charge in [0, 0.05) is 23.3 Å². The van der Waals surface area contributed by atoms with Gasteiger partial charge >= 0.3 is 0 Å². The van der Waals surface area contributed by atoms with E-state index in [0.717, 1.165) is 30.2 Å². The molecular weight excluding hydrogens is 224 g/mol. The largest absolute Gasteiger partial charge is 0.311 e. The minimum Gasteiger partial charge on any atom is -0.311 e. The van der Waals surface area contributed by atoms with Gasteiger partial charge in [-0.05, 0) is 24.8 Å². The van der Waals surface area contributed by atoms with Crippen molar-refractivity contribution < 1.29 is 0 Å². The quantitative estimate of drug-likeness (QED) is 0.810. The van der Waals surface area contributed by atoms with E-state index in [9.17, 15) is 0 Å². The van der Waals surface area contributed by atoms with Gasteiger partial charge in [-0.1, -0.05) is 6.07 Å². The van der Waals surface area contributed by atoms with Crippen molar-refractivity contribution in [2.24, 2.45) is 0 Å². The average molecular weight is 238 g/mol. The molecule has 0 aliphatic carbocycles. The standard InChI is InChI=1S/C11H14N2S2/c1-9-13-10(8-15-9)7-12-5-4-11-3-2-6-14-11/h2-3,6,8,12H,4-5,7H2,1H3. The highest BCUT2D eigenvalue weighted by Gasteiger charge is 1.97. The van der Waals surface area contributed by atoms with Gasteiger partial charge in [0.25, 0.3) is 0 Å². The topological polar surface area (TPSA) is 24.9 Å². The first-order valence-electron chi connectivity index (χ1n) is 4.99.